The normalized spacial score (nSPS) is 24.2. The first-order chi connectivity index (χ1) is 9.61. The summed E-state index contributed by atoms with van der Waals surface area (Å²) in [5.74, 6) is 0. The number of hydrogen-bond acceptors (Lipinski definition) is 6. The molecule has 3 rings (SSSR count). The number of aryl methyl sites for hydroxylation is 2. The lowest BCUT2D eigenvalue weighted by Gasteiger charge is -2.35. The summed E-state index contributed by atoms with van der Waals surface area (Å²) < 4.78 is 0. The summed E-state index contributed by atoms with van der Waals surface area (Å²) in [6.07, 6.45) is 0. The van der Waals surface area contributed by atoms with Gasteiger partial charge >= 0.3 is 0 Å². The predicted molar refractivity (Wildman–Crippen MR) is 87.8 cm³/mol. The standard InChI is InChI=1S/C14H22N4S2/c1-10-8-15-14(19-10)18-6-4-17(5-7-18)9-13-11(2)16-12(3)20-13/h10H,4-9H2,1-3H3/t10-/m0/s1. The van der Waals surface area contributed by atoms with Gasteiger partial charge in [0, 0.05) is 42.9 Å². The van der Waals surface area contributed by atoms with Crippen LogP contribution in [0.25, 0.3) is 0 Å². The molecule has 2 aliphatic heterocycles. The molecule has 0 N–H and O–H groups in total. The Morgan fingerprint density at radius 1 is 1.20 bits per heavy atom. The van der Waals surface area contributed by atoms with Crippen molar-refractivity contribution >= 4 is 28.3 Å². The van der Waals surface area contributed by atoms with Gasteiger partial charge in [0.15, 0.2) is 5.17 Å². The van der Waals surface area contributed by atoms with Gasteiger partial charge < -0.3 is 4.90 Å². The van der Waals surface area contributed by atoms with E-state index in [9.17, 15) is 0 Å². The largest absolute Gasteiger partial charge is 0.349 e. The molecule has 0 amide bonds. The zero-order valence-electron chi connectivity index (χ0n) is 12.4. The molecule has 1 fully saturated rings. The van der Waals surface area contributed by atoms with Crippen LogP contribution >= 0.6 is 23.1 Å². The molecule has 1 saturated heterocycles. The summed E-state index contributed by atoms with van der Waals surface area (Å²) in [5.41, 5.74) is 1.21. The van der Waals surface area contributed by atoms with E-state index in [2.05, 4.69) is 40.5 Å². The summed E-state index contributed by atoms with van der Waals surface area (Å²) in [4.78, 5) is 15.6. The molecule has 3 heterocycles. The second kappa shape index (κ2) is 6.03. The Hall–Kier alpha value is -0.590. The molecule has 1 atom stereocenters. The van der Waals surface area contributed by atoms with Gasteiger partial charge in [0.25, 0.3) is 0 Å². The highest BCUT2D eigenvalue weighted by Gasteiger charge is 2.25. The number of thiazole rings is 1. The number of rotatable bonds is 2. The van der Waals surface area contributed by atoms with E-state index in [0.29, 0.717) is 5.25 Å². The van der Waals surface area contributed by atoms with Gasteiger partial charge in [0.05, 0.1) is 17.2 Å². The van der Waals surface area contributed by atoms with Crippen molar-refractivity contribution in [2.24, 2.45) is 4.99 Å². The Labute approximate surface area is 129 Å². The van der Waals surface area contributed by atoms with Crippen LogP contribution in [0.5, 0.6) is 0 Å². The summed E-state index contributed by atoms with van der Waals surface area (Å²) in [6, 6.07) is 0. The second-order valence-electron chi connectivity index (χ2n) is 5.56. The molecule has 0 aromatic carbocycles. The first-order valence-corrected chi connectivity index (χ1v) is 8.93. The van der Waals surface area contributed by atoms with Crippen LogP contribution < -0.4 is 0 Å². The fraction of sp³-hybridized carbons (Fsp3) is 0.714. The Kier molecular flexibility index (Phi) is 4.33. The number of aliphatic imine (C=N–C) groups is 1. The molecule has 0 aliphatic carbocycles. The quantitative estimate of drug-likeness (QED) is 0.839. The number of amidine groups is 1. The monoisotopic (exact) mass is 310 g/mol. The molecular formula is C14H22N4S2. The third-order valence-electron chi connectivity index (χ3n) is 3.80. The van der Waals surface area contributed by atoms with E-state index < -0.39 is 0 Å². The van der Waals surface area contributed by atoms with E-state index in [1.54, 1.807) is 0 Å². The van der Waals surface area contributed by atoms with Crippen LogP contribution in [0.15, 0.2) is 4.99 Å². The molecule has 1 aromatic heterocycles. The summed E-state index contributed by atoms with van der Waals surface area (Å²) in [5, 5.41) is 3.11. The molecule has 1 aromatic rings. The van der Waals surface area contributed by atoms with Crippen molar-refractivity contribution in [3.8, 4) is 0 Å². The van der Waals surface area contributed by atoms with Crippen LogP contribution in [0.4, 0.5) is 0 Å². The van der Waals surface area contributed by atoms with Crippen molar-refractivity contribution in [1.82, 2.24) is 14.8 Å². The average Bonchev–Trinajstić information content (AvgIpc) is 2.97. The maximum absolute atomic E-state index is 4.65. The molecule has 0 spiro atoms. The molecule has 0 bridgehead atoms. The van der Waals surface area contributed by atoms with E-state index in [-0.39, 0.29) is 0 Å². The fourth-order valence-electron chi connectivity index (χ4n) is 2.66. The van der Waals surface area contributed by atoms with Crippen molar-refractivity contribution in [3.63, 3.8) is 0 Å². The predicted octanol–water partition coefficient (Wildman–Crippen LogP) is 2.37. The second-order valence-corrected chi connectivity index (χ2v) is 8.25. The van der Waals surface area contributed by atoms with Crippen LogP contribution in [0.2, 0.25) is 0 Å². The summed E-state index contributed by atoms with van der Waals surface area (Å²) >= 11 is 3.77. The highest BCUT2D eigenvalue weighted by Crippen LogP contribution is 2.24. The van der Waals surface area contributed by atoms with E-state index >= 15 is 0 Å². The molecule has 20 heavy (non-hydrogen) atoms. The highest BCUT2D eigenvalue weighted by molar-refractivity contribution is 8.14. The van der Waals surface area contributed by atoms with Gasteiger partial charge in [-0.2, -0.15) is 0 Å². The topological polar surface area (TPSA) is 31.7 Å². The Morgan fingerprint density at radius 2 is 1.95 bits per heavy atom. The molecule has 0 saturated carbocycles. The molecule has 2 aliphatic rings. The minimum atomic E-state index is 0.658. The fourth-order valence-corrected chi connectivity index (χ4v) is 4.63. The van der Waals surface area contributed by atoms with Gasteiger partial charge in [-0.05, 0) is 13.8 Å². The number of piperazine rings is 1. The molecule has 0 unspecified atom stereocenters. The maximum atomic E-state index is 4.65. The van der Waals surface area contributed by atoms with E-state index in [0.717, 1.165) is 39.3 Å². The molecule has 4 nitrogen and oxygen atoms in total. The third-order valence-corrected chi connectivity index (χ3v) is 6.01. The van der Waals surface area contributed by atoms with Gasteiger partial charge in [-0.25, -0.2) is 4.98 Å². The highest BCUT2D eigenvalue weighted by atomic mass is 32.2. The van der Waals surface area contributed by atoms with Crippen LogP contribution in [0.1, 0.15) is 22.5 Å². The maximum Gasteiger partial charge on any atom is 0.159 e. The minimum absolute atomic E-state index is 0.658. The number of thioether (sulfide) groups is 1. The van der Waals surface area contributed by atoms with Crippen molar-refractivity contribution < 1.29 is 0 Å². The van der Waals surface area contributed by atoms with Gasteiger partial charge in [0.1, 0.15) is 0 Å². The van der Waals surface area contributed by atoms with E-state index in [4.69, 9.17) is 0 Å². The number of aromatic nitrogens is 1. The smallest absolute Gasteiger partial charge is 0.159 e. The van der Waals surface area contributed by atoms with Gasteiger partial charge in [-0.15, -0.1) is 11.3 Å². The summed E-state index contributed by atoms with van der Waals surface area (Å²) in [6.45, 7) is 13.0. The van der Waals surface area contributed by atoms with E-state index in [1.165, 1.54) is 20.7 Å². The van der Waals surface area contributed by atoms with Gasteiger partial charge in [0.2, 0.25) is 0 Å². The lowest BCUT2D eigenvalue weighted by Crippen LogP contribution is -2.47. The molecule has 6 heteroatoms. The van der Waals surface area contributed by atoms with Crippen LogP contribution in [0.3, 0.4) is 0 Å². The number of nitrogens with zero attached hydrogens (tertiary/aromatic N) is 4. The van der Waals surface area contributed by atoms with E-state index in [1.807, 2.05) is 23.1 Å². The lowest BCUT2D eigenvalue weighted by atomic mass is 10.3. The van der Waals surface area contributed by atoms with Crippen LogP contribution in [-0.4, -0.2) is 57.9 Å². The number of hydrogen-bond donors (Lipinski definition) is 0. The van der Waals surface area contributed by atoms with Crippen LogP contribution in [0, 0.1) is 13.8 Å². The van der Waals surface area contributed by atoms with Gasteiger partial charge in [-0.3, -0.25) is 9.89 Å². The van der Waals surface area contributed by atoms with Crippen molar-refractivity contribution in [2.45, 2.75) is 32.6 Å². The van der Waals surface area contributed by atoms with Crippen molar-refractivity contribution in [2.75, 3.05) is 32.7 Å². The zero-order chi connectivity index (χ0) is 14.1. The van der Waals surface area contributed by atoms with Crippen molar-refractivity contribution in [3.05, 3.63) is 15.6 Å². The summed E-state index contributed by atoms with van der Waals surface area (Å²) in [7, 11) is 0. The van der Waals surface area contributed by atoms with Crippen molar-refractivity contribution in [1.29, 1.82) is 0 Å². The SMILES string of the molecule is Cc1nc(C)c(CN2CCN(C3=NC[C@H](C)S3)CC2)s1. The Bertz CT molecular complexity index is 503. The Morgan fingerprint density at radius 3 is 2.50 bits per heavy atom. The molecule has 0 radical (unpaired) electrons. The zero-order valence-corrected chi connectivity index (χ0v) is 14.1. The minimum Gasteiger partial charge on any atom is -0.349 e. The lowest BCUT2D eigenvalue weighted by molar-refractivity contribution is 0.178. The van der Waals surface area contributed by atoms with Gasteiger partial charge in [-0.1, -0.05) is 18.7 Å². The first-order valence-electron chi connectivity index (χ1n) is 7.23. The first kappa shape index (κ1) is 14.4. The molecule has 110 valence electrons. The van der Waals surface area contributed by atoms with Crippen LogP contribution in [-0.2, 0) is 6.54 Å². The molecular weight excluding hydrogens is 288 g/mol. The average molecular weight is 310 g/mol. The Balaban J connectivity index is 1.52. The third kappa shape index (κ3) is 3.18.